The van der Waals surface area contributed by atoms with E-state index in [2.05, 4.69) is 46.8 Å². The molecule has 0 radical (unpaired) electrons. The summed E-state index contributed by atoms with van der Waals surface area (Å²) in [5.74, 6) is 1.05. The Bertz CT molecular complexity index is 803. The first kappa shape index (κ1) is 25.0. The Morgan fingerprint density at radius 2 is 2.00 bits per heavy atom. The van der Waals surface area contributed by atoms with Crippen LogP contribution in [0.3, 0.4) is 0 Å². The maximum atomic E-state index is 13.2. The number of hydrazine groups is 1. The van der Waals surface area contributed by atoms with Crippen LogP contribution in [-0.4, -0.2) is 42.1 Å². The number of fused-ring (bicyclic) bond motifs is 1. The Morgan fingerprint density at radius 1 is 1.25 bits per heavy atom. The monoisotopic (exact) mass is 458 g/mol. The quantitative estimate of drug-likeness (QED) is 0.303. The predicted octanol–water partition coefficient (Wildman–Crippen LogP) is 6.18. The number of aliphatic imine (C=N–C) groups is 1. The second-order valence-electron chi connectivity index (χ2n) is 8.88. The molecule has 176 valence electrons. The van der Waals surface area contributed by atoms with E-state index in [0.717, 1.165) is 24.4 Å². The molecule has 1 saturated heterocycles. The van der Waals surface area contributed by atoms with Crippen molar-refractivity contribution in [2.24, 2.45) is 4.99 Å². The first-order valence-corrected chi connectivity index (χ1v) is 12.9. The molecule has 0 aromatic rings. The smallest absolute Gasteiger partial charge is 0.142 e. The van der Waals surface area contributed by atoms with Crippen molar-refractivity contribution in [1.29, 1.82) is 0 Å². The van der Waals surface area contributed by atoms with Crippen molar-refractivity contribution in [1.82, 2.24) is 15.8 Å². The molecule has 2 aliphatic heterocycles. The highest BCUT2D eigenvalue weighted by Crippen LogP contribution is 2.35. The van der Waals surface area contributed by atoms with Crippen LogP contribution >= 0.6 is 11.8 Å². The lowest BCUT2D eigenvalue weighted by Gasteiger charge is -2.30. The van der Waals surface area contributed by atoms with E-state index in [1.54, 1.807) is 18.7 Å². The van der Waals surface area contributed by atoms with Crippen molar-refractivity contribution < 1.29 is 4.39 Å². The van der Waals surface area contributed by atoms with Gasteiger partial charge < -0.3 is 4.90 Å². The van der Waals surface area contributed by atoms with Crippen molar-refractivity contribution in [2.75, 3.05) is 13.1 Å². The third-order valence-electron chi connectivity index (χ3n) is 6.24. The van der Waals surface area contributed by atoms with E-state index in [-0.39, 0.29) is 0 Å². The molecule has 0 aromatic heterocycles. The average molecular weight is 459 g/mol. The standard InChI is InChI=1S/C26H39FN4S/c1-5-15-32-25(6-2)26-28-17-23(19(3)11-10-12-20(4)27)24-16-22(18-31(24)26)30-29-21-13-8-7-9-14-21/h5-6,10-11,15,20-22,29-30H,3,7-9,12-14,16-18H2,1-2,4H3/b11-10-,15-5-,25-6?. The fourth-order valence-corrected chi connectivity index (χ4v) is 5.24. The van der Waals surface area contributed by atoms with E-state index in [9.17, 15) is 4.39 Å². The van der Waals surface area contributed by atoms with Gasteiger partial charge >= 0.3 is 0 Å². The van der Waals surface area contributed by atoms with E-state index in [1.807, 2.05) is 19.1 Å². The summed E-state index contributed by atoms with van der Waals surface area (Å²) in [6.07, 6.45) is 15.1. The third-order valence-corrected chi connectivity index (χ3v) is 7.32. The van der Waals surface area contributed by atoms with Crippen LogP contribution in [0, 0.1) is 0 Å². The Kier molecular flexibility index (Phi) is 9.82. The normalized spacial score (nSPS) is 23.9. The van der Waals surface area contributed by atoms with Gasteiger partial charge in [0.2, 0.25) is 0 Å². The molecule has 2 fully saturated rings. The van der Waals surface area contributed by atoms with E-state index in [1.165, 1.54) is 48.3 Å². The lowest BCUT2D eigenvalue weighted by atomic mass is 9.96. The molecular weight excluding hydrogens is 419 g/mol. The first-order valence-electron chi connectivity index (χ1n) is 12.0. The summed E-state index contributed by atoms with van der Waals surface area (Å²) in [6, 6.07) is 0.887. The number of allylic oxidation sites excluding steroid dienone is 4. The average Bonchev–Trinajstić information content (AvgIpc) is 3.23. The number of amidine groups is 1. The zero-order chi connectivity index (χ0) is 22.9. The minimum Gasteiger partial charge on any atom is -0.327 e. The highest BCUT2D eigenvalue weighted by Gasteiger charge is 2.35. The van der Waals surface area contributed by atoms with Gasteiger partial charge in [-0.15, -0.1) is 0 Å². The number of hydrogen-bond donors (Lipinski definition) is 2. The Morgan fingerprint density at radius 3 is 2.69 bits per heavy atom. The fourth-order valence-electron chi connectivity index (χ4n) is 4.54. The summed E-state index contributed by atoms with van der Waals surface area (Å²) < 4.78 is 13.2. The summed E-state index contributed by atoms with van der Waals surface area (Å²) in [4.78, 5) is 8.51. The van der Waals surface area contributed by atoms with Crippen molar-refractivity contribution >= 4 is 17.6 Å². The van der Waals surface area contributed by atoms with Gasteiger partial charge in [-0.3, -0.25) is 15.8 Å². The number of nitrogens with one attached hydrogen (secondary N) is 2. The van der Waals surface area contributed by atoms with Crippen LogP contribution in [0.5, 0.6) is 0 Å². The second-order valence-corrected chi connectivity index (χ2v) is 9.83. The highest BCUT2D eigenvalue weighted by molar-refractivity contribution is 8.06. The molecule has 4 nitrogen and oxygen atoms in total. The summed E-state index contributed by atoms with van der Waals surface area (Å²) in [6.45, 7) is 11.5. The number of rotatable bonds is 10. The van der Waals surface area contributed by atoms with Gasteiger partial charge in [0, 0.05) is 35.7 Å². The van der Waals surface area contributed by atoms with Crippen molar-refractivity contribution in [2.45, 2.75) is 84.0 Å². The Hall–Kier alpha value is -1.63. The maximum Gasteiger partial charge on any atom is 0.142 e. The van der Waals surface area contributed by atoms with Gasteiger partial charge in [-0.1, -0.05) is 61.9 Å². The zero-order valence-corrected chi connectivity index (χ0v) is 20.7. The number of halogens is 1. The van der Waals surface area contributed by atoms with E-state index >= 15 is 0 Å². The largest absolute Gasteiger partial charge is 0.327 e. The highest BCUT2D eigenvalue weighted by atomic mass is 32.2. The van der Waals surface area contributed by atoms with Gasteiger partial charge in [0.15, 0.2) is 0 Å². The van der Waals surface area contributed by atoms with Gasteiger partial charge in [0.05, 0.1) is 6.54 Å². The summed E-state index contributed by atoms with van der Waals surface area (Å²) in [5, 5.41) is 2.10. The van der Waals surface area contributed by atoms with Crippen LogP contribution in [0.1, 0.15) is 65.7 Å². The molecule has 1 aliphatic carbocycles. The number of nitrogens with zero attached hydrogens (tertiary/aromatic N) is 2. The molecular formula is C26H39FN4S. The number of hydrogen-bond acceptors (Lipinski definition) is 5. The molecule has 0 aromatic carbocycles. The van der Waals surface area contributed by atoms with E-state index in [0.29, 0.717) is 25.0 Å². The van der Waals surface area contributed by atoms with Crippen LogP contribution in [0.4, 0.5) is 4.39 Å². The molecule has 0 bridgehead atoms. The third kappa shape index (κ3) is 6.69. The molecule has 0 amide bonds. The van der Waals surface area contributed by atoms with Gasteiger partial charge in [-0.25, -0.2) is 4.39 Å². The summed E-state index contributed by atoms with van der Waals surface area (Å²) in [5.41, 5.74) is 10.6. The van der Waals surface area contributed by atoms with Crippen LogP contribution in [0.25, 0.3) is 0 Å². The topological polar surface area (TPSA) is 39.7 Å². The fraction of sp³-hybridized carbons (Fsp3) is 0.577. The van der Waals surface area contributed by atoms with Crippen molar-refractivity contribution in [3.63, 3.8) is 0 Å². The van der Waals surface area contributed by atoms with Crippen LogP contribution in [0.2, 0.25) is 0 Å². The molecule has 32 heavy (non-hydrogen) atoms. The summed E-state index contributed by atoms with van der Waals surface area (Å²) >= 11 is 1.71. The molecule has 2 N–H and O–H groups in total. The maximum absolute atomic E-state index is 13.2. The van der Waals surface area contributed by atoms with Crippen molar-refractivity contribution in [3.05, 3.63) is 58.0 Å². The minimum atomic E-state index is -0.837. The van der Waals surface area contributed by atoms with Crippen LogP contribution < -0.4 is 10.9 Å². The Balaban J connectivity index is 1.77. The van der Waals surface area contributed by atoms with Gasteiger partial charge in [-0.2, -0.15) is 0 Å². The first-order chi connectivity index (χ1) is 15.5. The zero-order valence-electron chi connectivity index (χ0n) is 19.9. The molecule has 3 aliphatic rings. The molecule has 2 atom stereocenters. The molecule has 0 spiro atoms. The molecule has 6 heteroatoms. The predicted molar refractivity (Wildman–Crippen MR) is 137 cm³/mol. The lowest BCUT2D eigenvalue weighted by molar-refractivity contribution is 0.308. The van der Waals surface area contributed by atoms with E-state index in [4.69, 9.17) is 4.99 Å². The summed E-state index contributed by atoms with van der Waals surface area (Å²) in [7, 11) is 0. The number of alkyl halides is 1. The number of thioether (sulfide) groups is 1. The molecule has 2 unspecified atom stereocenters. The van der Waals surface area contributed by atoms with Gasteiger partial charge in [0.25, 0.3) is 0 Å². The second kappa shape index (κ2) is 12.6. The molecule has 2 heterocycles. The van der Waals surface area contributed by atoms with E-state index < -0.39 is 6.17 Å². The van der Waals surface area contributed by atoms with Gasteiger partial charge in [0.1, 0.15) is 12.0 Å². The van der Waals surface area contributed by atoms with Gasteiger partial charge in [-0.05, 0) is 56.6 Å². The minimum absolute atomic E-state index is 0.317. The lowest BCUT2D eigenvalue weighted by Crippen LogP contribution is -2.48. The molecule has 3 rings (SSSR count). The van der Waals surface area contributed by atoms with Crippen molar-refractivity contribution in [3.8, 4) is 0 Å². The van der Waals surface area contributed by atoms with Crippen LogP contribution in [0.15, 0.2) is 63.0 Å². The van der Waals surface area contributed by atoms with Crippen LogP contribution in [-0.2, 0) is 0 Å². The molecule has 1 saturated carbocycles. The Labute approximate surface area is 197 Å². The SMILES string of the molecule is C=C(/C=C\CC(C)F)C1=C2CC(NNC3CCCCC3)CN2C(C(=CC)S/C=C\C)=NC1.